The summed E-state index contributed by atoms with van der Waals surface area (Å²) in [6.07, 6.45) is -4.59. The zero-order chi connectivity index (χ0) is 15.6. The molecule has 0 radical (unpaired) electrons. The summed E-state index contributed by atoms with van der Waals surface area (Å²) in [6, 6.07) is 8.08. The van der Waals surface area contributed by atoms with Gasteiger partial charge in [-0.1, -0.05) is 11.6 Å². The van der Waals surface area contributed by atoms with E-state index >= 15 is 0 Å². The topological polar surface area (TPSA) is 52.4 Å². The first kappa shape index (κ1) is 15.1. The van der Waals surface area contributed by atoms with Crippen LogP contribution in [-0.4, -0.2) is 4.92 Å². The first-order chi connectivity index (χ1) is 9.77. The number of non-ortho nitro benzene ring substituents is 1. The molecule has 0 heterocycles. The molecule has 8 heteroatoms. The summed E-state index contributed by atoms with van der Waals surface area (Å²) in [5, 5.41) is 10.1. The number of alkyl halides is 3. The molecule has 110 valence electrons. The zero-order valence-electron chi connectivity index (χ0n) is 10.2. The van der Waals surface area contributed by atoms with Gasteiger partial charge in [-0.25, -0.2) is 0 Å². The summed E-state index contributed by atoms with van der Waals surface area (Å²) < 4.78 is 43.3. The van der Waals surface area contributed by atoms with Gasteiger partial charge in [-0.3, -0.25) is 10.1 Å². The second kappa shape index (κ2) is 5.61. The van der Waals surface area contributed by atoms with Crippen LogP contribution in [0.2, 0.25) is 5.02 Å². The fourth-order valence-electron chi connectivity index (χ4n) is 1.56. The first-order valence-corrected chi connectivity index (χ1v) is 5.94. The molecule has 0 bridgehead atoms. The highest BCUT2D eigenvalue weighted by atomic mass is 35.5. The van der Waals surface area contributed by atoms with Gasteiger partial charge in [0.2, 0.25) is 0 Å². The molecule has 2 rings (SSSR count). The van der Waals surface area contributed by atoms with E-state index in [1.54, 1.807) is 0 Å². The maximum atomic E-state index is 12.7. The maximum Gasteiger partial charge on any atom is 0.417 e. The largest absolute Gasteiger partial charge is 0.457 e. The van der Waals surface area contributed by atoms with E-state index in [2.05, 4.69) is 0 Å². The van der Waals surface area contributed by atoms with Crippen molar-refractivity contribution >= 4 is 17.3 Å². The number of rotatable bonds is 3. The van der Waals surface area contributed by atoms with Crippen LogP contribution < -0.4 is 4.74 Å². The molecule has 21 heavy (non-hydrogen) atoms. The van der Waals surface area contributed by atoms with E-state index in [1.807, 2.05) is 0 Å². The van der Waals surface area contributed by atoms with Gasteiger partial charge >= 0.3 is 6.18 Å². The predicted octanol–water partition coefficient (Wildman–Crippen LogP) is 5.06. The van der Waals surface area contributed by atoms with Gasteiger partial charge in [0.15, 0.2) is 0 Å². The number of nitro benzene ring substituents is 1. The van der Waals surface area contributed by atoms with E-state index in [9.17, 15) is 23.3 Å². The third kappa shape index (κ3) is 3.63. The van der Waals surface area contributed by atoms with Gasteiger partial charge in [0.1, 0.15) is 11.5 Å². The number of benzene rings is 2. The summed E-state index contributed by atoms with van der Waals surface area (Å²) in [5.74, 6) is 0.108. The molecule has 0 saturated heterocycles. The van der Waals surface area contributed by atoms with E-state index in [1.165, 1.54) is 30.3 Å². The average Bonchev–Trinajstić information content (AvgIpc) is 2.40. The SMILES string of the molecule is O=[N+]([O-])c1ccc(Oc2ccc(Cl)c(C(F)(F)F)c2)cc1. The van der Waals surface area contributed by atoms with Crippen molar-refractivity contribution in [3.63, 3.8) is 0 Å². The second-order valence-electron chi connectivity index (χ2n) is 3.99. The van der Waals surface area contributed by atoms with Crippen molar-refractivity contribution < 1.29 is 22.8 Å². The number of nitrogens with zero attached hydrogens (tertiary/aromatic N) is 1. The van der Waals surface area contributed by atoms with Crippen molar-refractivity contribution in [2.45, 2.75) is 6.18 Å². The van der Waals surface area contributed by atoms with Crippen LogP contribution in [0.1, 0.15) is 5.56 Å². The Morgan fingerprint density at radius 3 is 2.14 bits per heavy atom. The van der Waals surface area contributed by atoms with Crippen molar-refractivity contribution in [3.05, 3.63) is 63.2 Å². The molecule has 0 N–H and O–H groups in total. The standard InChI is InChI=1S/C13H7ClF3NO3/c14-12-6-5-10(7-11(12)13(15,16)17)21-9-3-1-8(2-4-9)18(19)20/h1-7H. The minimum Gasteiger partial charge on any atom is -0.457 e. The predicted molar refractivity (Wildman–Crippen MR) is 69.6 cm³/mol. The molecular weight excluding hydrogens is 311 g/mol. The second-order valence-corrected chi connectivity index (χ2v) is 4.40. The van der Waals surface area contributed by atoms with Crippen LogP contribution in [0.3, 0.4) is 0 Å². The van der Waals surface area contributed by atoms with Crippen molar-refractivity contribution in [2.75, 3.05) is 0 Å². The van der Waals surface area contributed by atoms with E-state index in [-0.39, 0.29) is 17.2 Å². The number of nitro groups is 1. The number of hydrogen-bond donors (Lipinski definition) is 0. The van der Waals surface area contributed by atoms with Gasteiger partial charge < -0.3 is 4.74 Å². The molecule has 0 unspecified atom stereocenters. The van der Waals surface area contributed by atoms with Crippen LogP contribution in [0.4, 0.5) is 18.9 Å². The lowest BCUT2D eigenvalue weighted by atomic mass is 10.2. The van der Waals surface area contributed by atoms with Crippen LogP contribution in [0.15, 0.2) is 42.5 Å². The summed E-state index contributed by atoms with van der Waals surface area (Å²) in [7, 11) is 0. The lowest BCUT2D eigenvalue weighted by Gasteiger charge is -2.11. The van der Waals surface area contributed by atoms with Gasteiger partial charge in [0, 0.05) is 12.1 Å². The van der Waals surface area contributed by atoms with Crippen LogP contribution >= 0.6 is 11.6 Å². The highest BCUT2D eigenvalue weighted by molar-refractivity contribution is 6.31. The molecule has 0 fully saturated rings. The molecule has 4 nitrogen and oxygen atoms in total. The van der Waals surface area contributed by atoms with Crippen LogP contribution in [0.25, 0.3) is 0 Å². The average molecular weight is 318 g/mol. The van der Waals surface area contributed by atoms with Gasteiger partial charge in [-0.2, -0.15) is 13.2 Å². The molecule has 0 atom stereocenters. The quantitative estimate of drug-likeness (QED) is 0.587. The van der Waals surface area contributed by atoms with Gasteiger partial charge in [0.05, 0.1) is 15.5 Å². The molecule has 2 aromatic rings. The Labute approximate surface area is 121 Å². The van der Waals surface area contributed by atoms with E-state index in [4.69, 9.17) is 16.3 Å². The fraction of sp³-hybridized carbons (Fsp3) is 0.0769. The smallest absolute Gasteiger partial charge is 0.417 e. The third-order valence-corrected chi connectivity index (χ3v) is 2.86. The van der Waals surface area contributed by atoms with Crippen molar-refractivity contribution in [1.82, 2.24) is 0 Å². The zero-order valence-corrected chi connectivity index (χ0v) is 11.0. The summed E-state index contributed by atoms with van der Waals surface area (Å²) in [6.45, 7) is 0. The minimum atomic E-state index is -4.59. The lowest BCUT2D eigenvalue weighted by Crippen LogP contribution is -2.05. The molecule has 0 saturated carbocycles. The number of ether oxygens (including phenoxy) is 1. The minimum absolute atomic E-state index is 0.0689. The molecule has 0 aliphatic rings. The maximum absolute atomic E-state index is 12.7. The Kier molecular flexibility index (Phi) is 4.04. The van der Waals surface area contributed by atoms with E-state index in [0.29, 0.717) is 0 Å². The fourth-order valence-corrected chi connectivity index (χ4v) is 1.78. The number of halogens is 4. The van der Waals surface area contributed by atoms with Gasteiger partial charge in [-0.05, 0) is 30.3 Å². The highest BCUT2D eigenvalue weighted by Crippen LogP contribution is 2.37. The van der Waals surface area contributed by atoms with Crippen molar-refractivity contribution in [1.29, 1.82) is 0 Å². The summed E-state index contributed by atoms with van der Waals surface area (Å²) >= 11 is 5.49. The van der Waals surface area contributed by atoms with E-state index in [0.717, 1.165) is 12.1 Å². The van der Waals surface area contributed by atoms with Crippen LogP contribution in [0, 0.1) is 10.1 Å². The molecule has 0 aromatic heterocycles. The Balaban J connectivity index is 2.26. The Hall–Kier alpha value is -2.28. The molecule has 0 spiro atoms. The lowest BCUT2D eigenvalue weighted by molar-refractivity contribution is -0.384. The van der Waals surface area contributed by atoms with Crippen molar-refractivity contribution in [2.24, 2.45) is 0 Å². The molecule has 0 amide bonds. The van der Waals surface area contributed by atoms with Gasteiger partial charge in [0.25, 0.3) is 5.69 Å². The summed E-state index contributed by atoms with van der Waals surface area (Å²) in [4.78, 5) is 9.90. The molecule has 2 aromatic carbocycles. The Morgan fingerprint density at radius 1 is 1.05 bits per heavy atom. The normalized spacial score (nSPS) is 11.2. The van der Waals surface area contributed by atoms with Crippen molar-refractivity contribution in [3.8, 4) is 11.5 Å². The molecule has 0 aliphatic carbocycles. The Bertz CT molecular complexity index is 671. The van der Waals surface area contributed by atoms with Crippen LogP contribution in [-0.2, 0) is 6.18 Å². The van der Waals surface area contributed by atoms with E-state index < -0.39 is 21.7 Å². The van der Waals surface area contributed by atoms with Crippen LogP contribution in [0.5, 0.6) is 11.5 Å². The Morgan fingerprint density at radius 2 is 1.62 bits per heavy atom. The monoisotopic (exact) mass is 317 g/mol. The highest BCUT2D eigenvalue weighted by Gasteiger charge is 2.33. The molecular formula is C13H7ClF3NO3. The molecule has 0 aliphatic heterocycles. The summed E-state index contributed by atoms with van der Waals surface area (Å²) in [5.41, 5.74) is -1.15. The third-order valence-electron chi connectivity index (χ3n) is 2.53. The first-order valence-electron chi connectivity index (χ1n) is 5.56. The van der Waals surface area contributed by atoms with Gasteiger partial charge in [-0.15, -0.1) is 0 Å². The number of hydrogen-bond acceptors (Lipinski definition) is 3.